The van der Waals surface area contributed by atoms with Gasteiger partial charge in [-0.15, -0.1) is 0 Å². The van der Waals surface area contributed by atoms with E-state index < -0.39 is 0 Å². The van der Waals surface area contributed by atoms with Crippen LogP contribution in [0.25, 0.3) is 0 Å². The molecule has 96 valence electrons. The molecule has 0 aliphatic carbocycles. The molecule has 3 nitrogen and oxygen atoms in total. The Morgan fingerprint density at radius 3 is 2.94 bits per heavy atom. The Hall–Kier alpha value is -1.13. The first-order chi connectivity index (χ1) is 8.61. The van der Waals surface area contributed by atoms with E-state index in [1.807, 2.05) is 18.2 Å². The first-order valence-corrected chi connectivity index (χ1v) is 6.66. The fourth-order valence-corrected chi connectivity index (χ4v) is 2.60. The Bertz CT molecular complexity index is 484. The first-order valence-electron chi connectivity index (χ1n) is 5.86. The van der Waals surface area contributed by atoms with Crippen LogP contribution in [0, 0.1) is 0 Å². The molecule has 1 aliphatic rings. The van der Waals surface area contributed by atoms with Crippen LogP contribution in [-0.4, -0.2) is 31.6 Å². The highest BCUT2D eigenvalue weighted by Gasteiger charge is 2.23. The minimum absolute atomic E-state index is 0.130. The zero-order chi connectivity index (χ0) is 13.1. The third-order valence-corrected chi connectivity index (χ3v) is 3.70. The zero-order valence-corrected chi connectivity index (χ0v) is 12.1. The molecule has 0 spiro atoms. The summed E-state index contributed by atoms with van der Waals surface area (Å²) in [6.45, 7) is 0.859. The van der Waals surface area contributed by atoms with Gasteiger partial charge in [0.15, 0.2) is 0 Å². The zero-order valence-electron chi connectivity index (χ0n) is 10.5. The Morgan fingerprint density at radius 2 is 2.28 bits per heavy atom. The van der Waals surface area contributed by atoms with E-state index in [-0.39, 0.29) is 12.0 Å². The van der Waals surface area contributed by atoms with Crippen molar-refractivity contribution in [1.82, 2.24) is 4.90 Å². The second-order valence-corrected chi connectivity index (χ2v) is 5.33. The van der Waals surface area contributed by atoms with E-state index in [2.05, 4.69) is 40.0 Å². The number of benzene rings is 1. The maximum atomic E-state index is 11.6. The molecule has 1 aromatic carbocycles. The van der Waals surface area contributed by atoms with Crippen molar-refractivity contribution in [2.45, 2.75) is 12.5 Å². The van der Waals surface area contributed by atoms with Gasteiger partial charge in [0.25, 0.3) is 0 Å². The van der Waals surface area contributed by atoms with Crippen molar-refractivity contribution in [3.8, 4) is 0 Å². The van der Waals surface area contributed by atoms with E-state index in [4.69, 9.17) is 4.74 Å². The van der Waals surface area contributed by atoms with Gasteiger partial charge in [0.05, 0.1) is 13.2 Å². The number of nitrogens with zero attached hydrogens (tertiary/aromatic N) is 1. The SMILES string of the molecule is COC(=O)C1=CC(c2cccc(Br)c2)N(C)CC1. The number of likely N-dealkylation sites (N-methyl/N-ethyl adjacent to an activating group) is 1. The van der Waals surface area contributed by atoms with E-state index in [1.165, 1.54) is 12.7 Å². The van der Waals surface area contributed by atoms with Crippen LogP contribution >= 0.6 is 15.9 Å². The minimum Gasteiger partial charge on any atom is -0.466 e. The highest BCUT2D eigenvalue weighted by atomic mass is 79.9. The van der Waals surface area contributed by atoms with Gasteiger partial charge in [-0.2, -0.15) is 0 Å². The van der Waals surface area contributed by atoms with Gasteiger partial charge in [0.1, 0.15) is 0 Å². The first kappa shape index (κ1) is 13.3. The summed E-state index contributed by atoms with van der Waals surface area (Å²) in [5, 5.41) is 0. The summed E-state index contributed by atoms with van der Waals surface area (Å²) in [6.07, 6.45) is 2.74. The van der Waals surface area contributed by atoms with Crippen molar-refractivity contribution in [3.63, 3.8) is 0 Å². The average molecular weight is 310 g/mol. The van der Waals surface area contributed by atoms with Crippen molar-refractivity contribution in [2.75, 3.05) is 20.7 Å². The lowest BCUT2D eigenvalue weighted by atomic mass is 9.97. The van der Waals surface area contributed by atoms with Crippen LogP contribution in [0.3, 0.4) is 0 Å². The van der Waals surface area contributed by atoms with Crippen molar-refractivity contribution < 1.29 is 9.53 Å². The van der Waals surface area contributed by atoms with Gasteiger partial charge in [0, 0.05) is 16.6 Å². The second-order valence-electron chi connectivity index (χ2n) is 4.41. The van der Waals surface area contributed by atoms with Gasteiger partial charge in [-0.1, -0.05) is 34.1 Å². The molecule has 1 aromatic rings. The highest BCUT2D eigenvalue weighted by Crippen LogP contribution is 2.29. The quantitative estimate of drug-likeness (QED) is 0.787. The minimum atomic E-state index is -0.219. The summed E-state index contributed by atoms with van der Waals surface area (Å²) in [4.78, 5) is 13.8. The Balaban J connectivity index is 2.32. The predicted octanol–water partition coefficient (Wildman–Crippen LogP) is 2.93. The Labute approximate surface area is 116 Å². The number of esters is 1. The van der Waals surface area contributed by atoms with Crippen molar-refractivity contribution in [1.29, 1.82) is 0 Å². The summed E-state index contributed by atoms with van der Waals surface area (Å²) in [7, 11) is 3.49. The molecule has 0 radical (unpaired) electrons. The Morgan fingerprint density at radius 1 is 1.50 bits per heavy atom. The maximum Gasteiger partial charge on any atom is 0.333 e. The molecule has 0 N–H and O–H groups in total. The third-order valence-electron chi connectivity index (χ3n) is 3.21. The third kappa shape index (κ3) is 2.82. The number of ether oxygens (including phenoxy) is 1. The lowest BCUT2D eigenvalue weighted by Crippen LogP contribution is -2.30. The normalized spacial score (nSPS) is 20.4. The molecule has 0 saturated heterocycles. The molecule has 1 atom stereocenters. The Kier molecular flexibility index (Phi) is 4.19. The smallest absolute Gasteiger partial charge is 0.333 e. The molecule has 18 heavy (non-hydrogen) atoms. The predicted molar refractivity (Wildman–Crippen MR) is 74.2 cm³/mol. The topological polar surface area (TPSA) is 29.5 Å². The number of hydrogen-bond donors (Lipinski definition) is 0. The van der Waals surface area contributed by atoms with Crippen molar-refractivity contribution in [3.05, 3.63) is 46.0 Å². The van der Waals surface area contributed by atoms with E-state index in [1.54, 1.807) is 0 Å². The molecule has 1 heterocycles. The van der Waals surface area contributed by atoms with Crippen LogP contribution in [-0.2, 0) is 9.53 Å². The standard InChI is InChI=1S/C14H16BrNO2/c1-16-7-6-11(14(17)18-2)9-13(16)10-4-3-5-12(15)8-10/h3-5,8-9,13H,6-7H2,1-2H3. The second kappa shape index (κ2) is 5.67. The largest absolute Gasteiger partial charge is 0.466 e. The molecule has 0 fully saturated rings. The molecule has 0 amide bonds. The van der Waals surface area contributed by atoms with E-state index in [0.29, 0.717) is 0 Å². The van der Waals surface area contributed by atoms with Crippen LogP contribution in [0.2, 0.25) is 0 Å². The summed E-state index contributed by atoms with van der Waals surface area (Å²) in [5.41, 5.74) is 1.94. The van der Waals surface area contributed by atoms with Crippen LogP contribution in [0.4, 0.5) is 0 Å². The van der Waals surface area contributed by atoms with Crippen LogP contribution in [0.5, 0.6) is 0 Å². The number of carbonyl (C=O) groups excluding carboxylic acids is 1. The van der Waals surface area contributed by atoms with Crippen LogP contribution < -0.4 is 0 Å². The van der Waals surface area contributed by atoms with Gasteiger partial charge in [-0.25, -0.2) is 4.79 Å². The van der Waals surface area contributed by atoms with Gasteiger partial charge in [-0.05, 0) is 31.2 Å². The number of rotatable bonds is 2. The van der Waals surface area contributed by atoms with Gasteiger partial charge >= 0.3 is 5.97 Å². The van der Waals surface area contributed by atoms with Gasteiger partial charge in [0.2, 0.25) is 0 Å². The van der Waals surface area contributed by atoms with Crippen LogP contribution in [0.1, 0.15) is 18.0 Å². The number of methoxy groups -OCH3 is 1. The molecule has 0 aromatic heterocycles. The monoisotopic (exact) mass is 309 g/mol. The fourth-order valence-electron chi connectivity index (χ4n) is 2.18. The summed E-state index contributed by atoms with van der Waals surface area (Å²) < 4.78 is 5.85. The molecule has 2 rings (SSSR count). The highest BCUT2D eigenvalue weighted by molar-refractivity contribution is 9.10. The van der Waals surface area contributed by atoms with Crippen LogP contribution in [0.15, 0.2) is 40.4 Å². The molecule has 1 aliphatic heterocycles. The number of carbonyl (C=O) groups is 1. The van der Waals surface area contributed by atoms with Crippen molar-refractivity contribution in [2.24, 2.45) is 0 Å². The van der Waals surface area contributed by atoms with Gasteiger partial charge < -0.3 is 4.74 Å². The summed E-state index contributed by atoms with van der Waals surface area (Å²) in [6, 6.07) is 8.29. The molecule has 0 saturated carbocycles. The van der Waals surface area contributed by atoms with E-state index in [0.717, 1.165) is 23.0 Å². The van der Waals surface area contributed by atoms with Gasteiger partial charge in [-0.3, -0.25) is 4.90 Å². The summed E-state index contributed by atoms with van der Waals surface area (Å²) >= 11 is 3.48. The van der Waals surface area contributed by atoms with E-state index >= 15 is 0 Å². The molecular formula is C14H16BrNO2. The molecular weight excluding hydrogens is 294 g/mol. The lowest BCUT2D eigenvalue weighted by molar-refractivity contribution is -0.136. The number of halogens is 1. The molecule has 1 unspecified atom stereocenters. The fraction of sp³-hybridized carbons (Fsp3) is 0.357. The summed E-state index contributed by atoms with van der Waals surface area (Å²) in [5.74, 6) is -0.219. The lowest BCUT2D eigenvalue weighted by Gasteiger charge is -2.30. The van der Waals surface area contributed by atoms with Crippen molar-refractivity contribution >= 4 is 21.9 Å². The molecule has 0 bridgehead atoms. The maximum absolute atomic E-state index is 11.6. The average Bonchev–Trinajstić information content (AvgIpc) is 2.38. The van der Waals surface area contributed by atoms with E-state index in [9.17, 15) is 4.79 Å². The molecule has 4 heteroatoms. The number of hydrogen-bond acceptors (Lipinski definition) is 3.